The summed E-state index contributed by atoms with van der Waals surface area (Å²) in [6.45, 7) is 1.95. The van der Waals surface area contributed by atoms with Crippen molar-refractivity contribution in [1.29, 1.82) is 0 Å². The fourth-order valence-corrected chi connectivity index (χ4v) is 5.38. The molecular weight excluding hydrogens is 542 g/mol. The second kappa shape index (κ2) is 14.2. The number of rotatable bonds is 11. The van der Waals surface area contributed by atoms with E-state index < -0.39 is 5.91 Å². The van der Waals surface area contributed by atoms with Gasteiger partial charge in [0.05, 0.1) is 12.4 Å². The van der Waals surface area contributed by atoms with Crippen LogP contribution in [0.1, 0.15) is 28.6 Å². The molecule has 0 saturated heterocycles. The summed E-state index contributed by atoms with van der Waals surface area (Å²) in [5, 5.41) is 10.1. The van der Waals surface area contributed by atoms with E-state index in [0.717, 1.165) is 9.77 Å². The lowest BCUT2D eigenvalue weighted by Gasteiger charge is -2.16. The SMILES string of the molecule is CCC(Sc1cccc(NC(=O)/C(=C/c2cccs2)NC(=O)c2ccccc2)c1)C(=O)Nc1cccc(OC)c1. The Labute approximate surface area is 241 Å². The maximum atomic E-state index is 13.3. The number of nitrogens with one attached hydrogen (secondary N) is 3. The molecule has 1 aromatic heterocycles. The van der Waals surface area contributed by atoms with Crippen LogP contribution < -0.4 is 20.7 Å². The zero-order chi connectivity index (χ0) is 28.3. The minimum atomic E-state index is -0.456. The van der Waals surface area contributed by atoms with Crippen LogP contribution in [0.25, 0.3) is 6.08 Å². The van der Waals surface area contributed by atoms with Crippen molar-refractivity contribution in [3.63, 3.8) is 0 Å². The molecule has 1 heterocycles. The minimum Gasteiger partial charge on any atom is -0.497 e. The molecule has 0 saturated carbocycles. The Balaban J connectivity index is 1.46. The topological polar surface area (TPSA) is 96.5 Å². The Morgan fingerprint density at radius 3 is 2.35 bits per heavy atom. The van der Waals surface area contributed by atoms with Gasteiger partial charge in [-0.05, 0) is 66.4 Å². The van der Waals surface area contributed by atoms with Crippen LogP contribution in [0.4, 0.5) is 11.4 Å². The second-order valence-electron chi connectivity index (χ2n) is 8.61. The van der Waals surface area contributed by atoms with Gasteiger partial charge in [-0.2, -0.15) is 0 Å². The van der Waals surface area contributed by atoms with E-state index in [4.69, 9.17) is 4.74 Å². The van der Waals surface area contributed by atoms with Crippen LogP contribution in [0.15, 0.2) is 107 Å². The normalized spacial score (nSPS) is 11.8. The molecule has 0 fully saturated rings. The van der Waals surface area contributed by atoms with Crippen LogP contribution in [-0.4, -0.2) is 30.1 Å². The van der Waals surface area contributed by atoms with Gasteiger partial charge in [-0.15, -0.1) is 23.1 Å². The lowest BCUT2D eigenvalue weighted by Crippen LogP contribution is -2.30. The lowest BCUT2D eigenvalue weighted by atomic mass is 10.2. The van der Waals surface area contributed by atoms with E-state index in [-0.39, 0.29) is 22.8 Å². The first-order valence-electron chi connectivity index (χ1n) is 12.6. The van der Waals surface area contributed by atoms with E-state index in [1.807, 2.05) is 66.9 Å². The van der Waals surface area contributed by atoms with E-state index in [0.29, 0.717) is 29.1 Å². The van der Waals surface area contributed by atoms with Gasteiger partial charge in [-0.25, -0.2) is 0 Å². The highest BCUT2D eigenvalue weighted by molar-refractivity contribution is 8.00. The number of methoxy groups -OCH3 is 1. The highest BCUT2D eigenvalue weighted by atomic mass is 32.2. The number of amides is 3. The highest BCUT2D eigenvalue weighted by Gasteiger charge is 2.19. The van der Waals surface area contributed by atoms with Gasteiger partial charge in [-0.1, -0.05) is 43.3 Å². The monoisotopic (exact) mass is 571 g/mol. The van der Waals surface area contributed by atoms with Crippen molar-refractivity contribution in [2.75, 3.05) is 17.7 Å². The molecule has 0 aliphatic carbocycles. The van der Waals surface area contributed by atoms with Crippen LogP contribution in [0.2, 0.25) is 0 Å². The molecule has 7 nitrogen and oxygen atoms in total. The van der Waals surface area contributed by atoms with Gasteiger partial charge in [0.15, 0.2) is 0 Å². The van der Waals surface area contributed by atoms with Crippen LogP contribution in [0.3, 0.4) is 0 Å². The summed E-state index contributed by atoms with van der Waals surface area (Å²) < 4.78 is 5.24. The summed E-state index contributed by atoms with van der Waals surface area (Å²) in [6, 6.07) is 27.0. The van der Waals surface area contributed by atoms with E-state index in [9.17, 15) is 14.4 Å². The Morgan fingerprint density at radius 2 is 1.65 bits per heavy atom. The largest absolute Gasteiger partial charge is 0.497 e. The van der Waals surface area contributed by atoms with Crippen molar-refractivity contribution < 1.29 is 19.1 Å². The van der Waals surface area contributed by atoms with Gasteiger partial charge in [-0.3, -0.25) is 14.4 Å². The van der Waals surface area contributed by atoms with Gasteiger partial charge in [0.1, 0.15) is 11.4 Å². The molecular formula is C31H29N3O4S2. The molecule has 0 spiro atoms. The standard InChI is InChI=1S/C31H29N3O4S2/c1-3-28(31(37)33-22-12-7-14-24(18-22)38-2)40-26-15-8-13-23(19-26)32-30(36)27(20-25-16-9-17-39-25)34-29(35)21-10-5-4-6-11-21/h4-20,28H,3H2,1-2H3,(H,32,36)(H,33,37)(H,34,35)/b27-20-. The van der Waals surface area contributed by atoms with E-state index in [2.05, 4.69) is 16.0 Å². The summed E-state index contributed by atoms with van der Waals surface area (Å²) in [6.07, 6.45) is 2.26. The maximum Gasteiger partial charge on any atom is 0.272 e. The molecule has 0 aliphatic heterocycles. The summed E-state index contributed by atoms with van der Waals surface area (Å²) in [5.74, 6) is -0.298. The lowest BCUT2D eigenvalue weighted by molar-refractivity contribution is -0.116. The van der Waals surface area contributed by atoms with Gasteiger partial charge in [0.2, 0.25) is 5.91 Å². The van der Waals surface area contributed by atoms with E-state index >= 15 is 0 Å². The van der Waals surface area contributed by atoms with Gasteiger partial charge < -0.3 is 20.7 Å². The third kappa shape index (κ3) is 8.08. The van der Waals surface area contributed by atoms with Crippen molar-refractivity contribution in [1.82, 2.24) is 5.32 Å². The maximum absolute atomic E-state index is 13.3. The van der Waals surface area contributed by atoms with Crippen LogP contribution in [0.5, 0.6) is 5.75 Å². The highest BCUT2D eigenvalue weighted by Crippen LogP contribution is 2.29. The average molecular weight is 572 g/mol. The number of thioether (sulfide) groups is 1. The molecule has 3 amide bonds. The molecule has 0 aliphatic rings. The quantitative estimate of drug-likeness (QED) is 0.138. The number of hydrogen-bond acceptors (Lipinski definition) is 6. The first-order chi connectivity index (χ1) is 19.4. The first-order valence-corrected chi connectivity index (χ1v) is 14.4. The number of carbonyl (C=O) groups is 3. The summed E-state index contributed by atoms with van der Waals surface area (Å²) in [4.78, 5) is 40.7. The van der Waals surface area contributed by atoms with Crippen LogP contribution in [0, 0.1) is 0 Å². The fourth-order valence-electron chi connectivity index (χ4n) is 3.71. The zero-order valence-electron chi connectivity index (χ0n) is 22.0. The number of anilines is 2. The molecule has 0 bridgehead atoms. The zero-order valence-corrected chi connectivity index (χ0v) is 23.7. The minimum absolute atomic E-state index is 0.124. The molecule has 4 aromatic rings. The Kier molecular flexibility index (Phi) is 10.1. The Hall–Kier alpha value is -4.34. The molecule has 0 radical (unpaired) electrons. The second-order valence-corrected chi connectivity index (χ2v) is 10.9. The number of thiophene rings is 1. The first kappa shape index (κ1) is 28.7. The van der Waals surface area contributed by atoms with Crippen molar-refractivity contribution in [3.8, 4) is 5.75 Å². The molecule has 9 heteroatoms. The number of carbonyl (C=O) groups excluding carboxylic acids is 3. The molecule has 3 aromatic carbocycles. The molecule has 204 valence electrons. The smallest absolute Gasteiger partial charge is 0.272 e. The van der Waals surface area contributed by atoms with Crippen molar-refractivity contribution >= 4 is 58.3 Å². The number of ether oxygens (including phenoxy) is 1. The summed E-state index contributed by atoms with van der Waals surface area (Å²) >= 11 is 2.87. The number of benzene rings is 3. The predicted octanol–water partition coefficient (Wildman–Crippen LogP) is 6.68. The Bertz CT molecular complexity index is 1490. The van der Waals surface area contributed by atoms with Crippen LogP contribution in [-0.2, 0) is 9.59 Å². The van der Waals surface area contributed by atoms with Gasteiger partial charge >= 0.3 is 0 Å². The van der Waals surface area contributed by atoms with Crippen LogP contribution >= 0.6 is 23.1 Å². The van der Waals surface area contributed by atoms with Gasteiger partial charge in [0.25, 0.3) is 11.8 Å². The molecule has 3 N–H and O–H groups in total. The molecule has 1 unspecified atom stereocenters. The Morgan fingerprint density at radius 1 is 0.900 bits per heavy atom. The predicted molar refractivity (Wildman–Crippen MR) is 163 cm³/mol. The van der Waals surface area contributed by atoms with Crippen molar-refractivity contribution in [2.24, 2.45) is 0 Å². The fraction of sp³-hybridized carbons (Fsp3) is 0.129. The van der Waals surface area contributed by atoms with Crippen molar-refractivity contribution in [3.05, 3.63) is 113 Å². The third-order valence-corrected chi connectivity index (χ3v) is 7.91. The molecule has 1 atom stereocenters. The molecule has 40 heavy (non-hydrogen) atoms. The van der Waals surface area contributed by atoms with E-state index in [1.54, 1.807) is 49.6 Å². The third-order valence-electron chi connectivity index (χ3n) is 5.73. The van der Waals surface area contributed by atoms with E-state index in [1.165, 1.54) is 23.1 Å². The van der Waals surface area contributed by atoms with Gasteiger partial charge in [0, 0.05) is 32.8 Å². The van der Waals surface area contributed by atoms with Crippen molar-refractivity contribution in [2.45, 2.75) is 23.5 Å². The molecule has 4 rings (SSSR count). The summed E-state index contributed by atoms with van der Waals surface area (Å²) in [7, 11) is 1.58. The summed E-state index contributed by atoms with van der Waals surface area (Å²) in [5.41, 5.74) is 1.78. The average Bonchev–Trinajstić information content (AvgIpc) is 3.49. The number of hydrogen-bond donors (Lipinski definition) is 3.